The van der Waals surface area contributed by atoms with Crippen LogP contribution in [0.5, 0.6) is 5.75 Å². The second-order valence-corrected chi connectivity index (χ2v) is 2.58. The highest BCUT2D eigenvalue weighted by molar-refractivity contribution is 5.69. The molecule has 0 saturated carbocycles. The first-order valence-electron chi connectivity index (χ1n) is 3.65. The Morgan fingerprint density at radius 3 is 2.54 bits per heavy atom. The van der Waals surface area contributed by atoms with Crippen molar-refractivity contribution in [3.63, 3.8) is 0 Å². The minimum Gasteiger partial charge on any atom is -0.426 e. The molecule has 0 aromatic heterocycles. The molecule has 0 amide bonds. The molecule has 0 aliphatic rings. The molecule has 1 rings (SSSR count). The molecule has 0 fully saturated rings. The average Bonchev–Trinajstić information content (AvgIpc) is 2.06. The number of halogens is 2. The monoisotopic (exact) mass is 186 g/mol. The Labute approximate surface area is 74.1 Å². The molecule has 0 radical (unpaired) electrons. The highest BCUT2D eigenvalue weighted by Crippen LogP contribution is 2.22. The maximum Gasteiger partial charge on any atom is 0.308 e. The van der Waals surface area contributed by atoms with Crippen LogP contribution in [0.25, 0.3) is 0 Å². The van der Waals surface area contributed by atoms with E-state index in [2.05, 4.69) is 4.74 Å². The van der Waals surface area contributed by atoms with Crippen LogP contribution in [0, 0.1) is 18.6 Å². The van der Waals surface area contributed by atoms with Gasteiger partial charge in [-0.2, -0.15) is 0 Å². The number of hydrogen-bond donors (Lipinski definition) is 0. The van der Waals surface area contributed by atoms with Gasteiger partial charge < -0.3 is 4.74 Å². The summed E-state index contributed by atoms with van der Waals surface area (Å²) in [6.45, 7) is 2.54. The van der Waals surface area contributed by atoms with Crippen LogP contribution in [0.3, 0.4) is 0 Å². The third-order valence-electron chi connectivity index (χ3n) is 1.54. The Balaban J connectivity index is 3.10. The topological polar surface area (TPSA) is 26.3 Å². The van der Waals surface area contributed by atoms with Gasteiger partial charge in [-0.3, -0.25) is 4.79 Å². The SMILES string of the molecule is CC(=O)Oc1ccc(F)c(F)c1C. The maximum absolute atomic E-state index is 12.9. The molecule has 1 aromatic rings. The lowest BCUT2D eigenvalue weighted by molar-refractivity contribution is -0.131. The van der Waals surface area contributed by atoms with Crippen LogP contribution in [-0.4, -0.2) is 5.97 Å². The molecule has 0 saturated heterocycles. The molecule has 0 aliphatic heterocycles. The van der Waals surface area contributed by atoms with Crippen LogP contribution in [0.2, 0.25) is 0 Å². The van der Waals surface area contributed by atoms with E-state index >= 15 is 0 Å². The third-order valence-corrected chi connectivity index (χ3v) is 1.54. The third kappa shape index (κ3) is 2.02. The first-order chi connectivity index (χ1) is 6.02. The zero-order valence-corrected chi connectivity index (χ0v) is 7.23. The van der Waals surface area contributed by atoms with Gasteiger partial charge in [0.25, 0.3) is 0 Å². The average molecular weight is 186 g/mol. The van der Waals surface area contributed by atoms with E-state index in [9.17, 15) is 13.6 Å². The summed E-state index contributed by atoms with van der Waals surface area (Å²) in [6.07, 6.45) is 0. The van der Waals surface area contributed by atoms with E-state index < -0.39 is 17.6 Å². The van der Waals surface area contributed by atoms with E-state index in [1.54, 1.807) is 0 Å². The summed E-state index contributed by atoms with van der Waals surface area (Å²) in [4.78, 5) is 10.5. The van der Waals surface area contributed by atoms with E-state index in [0.717, 1.165) is 6.07 Å². The van der Waals surface area contributed by atoms with Crippen LogP contribution in [0.1, 0.15) is 12.5 Å². The van der Waals surface area contributed by atoms with E-state index in [1.165, 1.54) is 19.9 Å². The first kappa shape index (κ1) is 9.64. The van der Waals surface area contributed by atoms with Crippen molar-refractivity contribution in [2.45, 2.75) is 13.8 Å². The molecule has 13 heavy (non-hydrogen) atoms. The molecule has 0 unspecified atom stereocenters. The second kappa shape index (κ2) is 3.51. The number of rotatable bonds is 1. The van der Waals surface area contributed by atoms with Crippen LogP contribution < -0.4 is 4.74 Å². The number of carbonyl (C=O) groups excluding carboxylic acids is 1. The Morgan fingerprint density at radius 1 is 1.38 bits per heavy atom. The van der Waals surface area contributed by atoms with Gasteiger partial charge in [-0.1, -0.05) is 0 Å². The van der Waals surface area contributed by atoms with E-state index in [4.69, 9.17) is 0 Å². The Kier molecular flexibility index (Phi) is 2.60. The van der Waals surface area contributed by atoms with Crippen LogP contribution in [0.4, 0.5) is 8.78 Å². The molecule has 0 spiro atoms. The van der Waals surface area contributed by atoms with Gasteiger partial charge in [0.1, 0.15) is 5.75 Å². The fourth-order valence-electron chi connectivity index (χ4n) is 0.900. The summed E-state index contributed by atoms with van der Waals surface area (Å²) in [5, 5.41) is 0. The molecule has 0 heterocycles. The lowest BCUT2D eigenvalue weighted by Crippen LogP contribution is -2.04. The summed E-state index contributed by atoms with van der Waals surface area (Å²) in [7, 11) is 0. The molecule has 0 N–H and O–H groups in total. The summed E-state index contributed by atoms with van der Waals surface area (Å²) in [5.41, 5.74) is -0.00444. The van der Waals surface area contributed by atoms with Crippen molar-refractivity contribution in [2.75, 3.05) is 0 Å². The van der Waals surface area contributed by atoms with Gasteiger partial charge in [0.15, 0.2) is 11.6 Å². The van der Waals surface area contributed by atoms with Crippen LogP contribution in [-0.2, 0) is 4.79 Å². The van der Waals surface area contributed by atoms with Gasteiger partial charge in [0.05, 0.1) is 0 Å². The van der Waals surface area contributed by atoms with Crippen molar-refractivity contribution < 1.29 is 18.3 Å². The molecule has 70 valence electrons. The predicted octanol–water partition coefficient (Wildman–Crippen LogP) is 2.20. The lowest BCUT2D eigenvalue weighted by atomic mass is 10.2. The van der Waals surface area contributed by atoms with Crippen LogP contribution in [0.15, 0.2) is 12.1 Å². The predicted molar refractivity (Wildman–Crippen MR) is 42.4 cm³/mol. The second-order valence-electron chi connectivity index (χ2n) is 2.58. The highest BCUT2D eigenvalue weighted by Gasteiger charge is 2.11. The van der Waals surface area contributed by atoms with Gasteiger partial charge in [-0.25, -0.2) is 8.78 Å². The molecule has 0 atom stereocenters. The minimum absolute atomic E-state index is 0.00444. The lowest BCUT2D eigenvalue weighted by Gasteiger charge is -2.05. The molecule has 1 aromatic carbocycles. The normalized spacial score (nSPS) is 9.85. The molecule has 4 heteroatoms. The van der Waals surface area contributed by atoms with Crippen molar-refractivity contribution >= 4 is 5.97 Å². The number of esters is 1. The number of benzene rings is 1. The van der Waals surface area contributed by atoms with Crippen molar-refractivity contribution in [1.29, 1.82) is 0 Å². The Morgan fingerprint density at radius 2 is 2.00 bits per heavy atom. The van der Waals surface area contributed by atoms with Crippen molar-refractivity contribution in [3.8, 4) is 5.75 Å². The molecular formula is C9H8F2O2. The van der Waals surface area contributed by atoms with Crippen molar-refractivity contribution in [3.05, 3.63) is 29.3 Å². The zero-order chi connectivity index (χ0) is 10.0. The van der Waals surface area contributed by atoms with E-state index in [-0.39, 0.29) is 11.3 Å². The Hall–Kier alpha value is -1.45. The fraction of sp³-hybridized carbons (Fsp3) is 0.222. The zero-order valence-electron chi connectivity index (χ0n) is 7.23. The van der Waals surface area contributed by atoms with Gasteiger partial charge in [-0.05, 0) is 19.1 Å². The number of ether oxygens (including phenoxy) is 1. The smallest absolute Gasteiger partial charge is 0.308 e. The largest absolute Gasteiger partial charge is 0.426 e. The number of carbonyl (C=O) groups is 1. The standard InChI is InChI=1S/C9H8F2O2/c1-5-8(13-6(2)12)4-3-7(10)9(5)11/h3-4H,1-2H3. The maximum atomic E-state index is 12.9. The quantitative estimate of drug-likeness (QED) is 0.496. The minimum atomic E-state index is -0.987. The van der Waals surface area contributed by atoms with E-state index in [0.29, 0.717) is 0 Å². The molecule has 2 nitrogen and oxygen atoms in total. The molecule has 0 aliphatic carbocycles. The van der Waals surface area contributed by atoms with Gasteiger partial charge in [0.2, 0.25) is 0 Å². The number of hydrogen-bond acceptors (Lipinski definition) is 2. The summed E-state index contributed by atoms with van der Waals surface area (Å²) in [5.74, 6) is -2.45. The van der Waals surface area contributed by atoms with Gasteiger partial charge in [0, 0.05) is 12.5 Å². The van der Waals surface area contributed by atoms with E-state index in [1.807, 2.05) is 0 Å². The van der Waals surface area contributed by atoms with Crippen LogP contribution >= 0.6 is 0 Å². The molecule has 0 bridgehead atoms. The summed E-state index contributed by atoms with van der Waals surface area (Å²) < 4.78 is 30.1. The first-order valence-corrected chi connectivity index (χ1v) is 3.65. The molecular weight excluding hydrogens is 178 g/mol. The summed E-state index contributed by atoms with van der Waals surface area (Å²) >= 11 is 0. The Bertz CT molecular complexity index is 348. The van der Waals surface area contributed by atoms with Gasteiger partial charge >= 0.3 is 5.97 Å². The van der Waals surface area contributed by atoms with Crippen molar-refractivity contribution in [2.24, 2.45) is 0 Å². The summed E-state index contributed by atoms with van der Waals surface area (Å²) in [6, 6.07) is 2.13. The highest BCUT2D eigenvalue weighted by atomic mass is 19.2. The fourth-order valence-corrected chi connectivity index (χ4v) is 0.900. The van der Waals surface area contributed by atoms with Gasteiger partial charge in [-0.15, -0.1) is 0 Å². The van der Waals surface area contributed by atoms with Crippen molar-refractivity contribution in [1.82, 2.24) is 0 Å².